The Hall–Kier alpha value is -1.38. The van der Waals surface area contributed by atoms with Crippen LogP contribution in [0.1, 0.15) is 20.8 Å². The van der Waals surface area contributed by atoms with Crippen LogP contribution in [0.4, 0.5) is 0 Å². The molecule has 0 spiro atoms. The maximum Gasteiger partial charge on any atom is 0.243 e. The molecule has 1 heterocycles. The number of aromatic nitrogens is 3. The van der Waals surface area contributed by atoms with Gasteiger partial charge in [0, 0.05) is 25.7 Å². The van der Waals surface area contributed by atoms with Crippen molar-refractivity contribution in [2.75, 3.05) is 18.8 Å². The molecule has 0 aliphatic rings. The minimum Gasteiger partial charge on any atom is -0.305 e. The van der Waals surface area contributed by atoms with Gasteiger partial charge in [-0.05, 0) is 17.9 Å². The molecule has 0 aliphatic carbocycles. The Morgan fingerprint density at radius 2 is 1.87 bits per heavy atom. The third-order valence-corrected chi connectivity index (χ3v) is 6.49. The van der Waals surface area contributed by atoms with Crippen molar-refractivity contribution in [1.82, 2.24) is 19.1 Å². The zero-order valence-corrected chi connectivity index (χ0v) is 15.5. The maximum atomic E-state index is 12.6. The first-order valence-electron chi connectivity index (χ1n) is 7.58. The molecule has 1 aromatic carbocycles. The van der Waals surface area contributed by atoms with Crippen molar-refractivity contribution in [3.63, 3.8) is 0 Å². The van der Waals surface area contributed by atoms with E-state index in [9.17, 15) is 8.42 Å². The van der Waals surface area contributed by atoms with E-state index in [-0.39, 0.29) is 4.90 Å². The number of hydrogen-bond donors (Lipinski definition) is 0. The fourth-order valence-electron chi connectivity index (χ4n) is 2.33. The summed E-state index contributed by atoms with van der Waals surface area (Å²) in [5, 5.41) is 9.17. The molecule has 8 heteroatoms. The van der Waals surface area contributed by atoms with Gasteiger partial charge in [-0.1, -0.05) is 44.7 Å². The van der Waals surface area contributed by atoms with Gasteiger partial charge in [0.1, 0.15) is 0 Å². The van der Waals surface area contributed by atoms with E-state index in [1.165, 1.54) is 4.31 Å². The summed E-state index contributed by atoms with van der Waals surface area (Å²) in [5.74, 6) is 1.57. The lowest BCUT2D eigenvalue weighted by Gasteiger charge is -2.18. The number of rotatable bonds is 7. The minimum atomic E-state index is -3.48. The molecule has 126 valence electrons. The minimum absolute atomic E-state index is 0.284. The highest BCUT2D eigenvalue weighted by atomic mass is 32.2. The molecular formula is C15H22N4O2S2. The fourth-order valence-corrected chi connectivity index (χ4v) is 4.47. The topological polar surface area (TPSA) is 68.1 Å². The quantitative estimate of drug-likeness (QED) is 0.715. The fraction of sp³-hybridized carbons (Fsp3) is 0.467. The number of hydrogen-bond acceptors (Lipinski definition) is 5. The number of nitrogens with zero attached hydrogens (tertiary/aromatic N) is 4. The average Bonchev–Trinajstić information content (AvgIpc) is 2.90. The van der Waals surface area contributed by atoms with E-state index < -0.39 is 10.0 Å². The third kappa shape index (κ3) is 3.59. The Morgan fingerprint density at radius 3 is 2.48 bits per heavy atom. The summed E-state index contributed by atoms with van der Waals surface area (Å²) >= 11 is 1.60. The lowest BCUT2D eigenvalue weighted by atomic mass is 10.2. The van der Waals surface area contributed by atoms with E-state index in [1.54, 1.807) is 30.0 Å². The highest BCUT2D eigenvalue weighted by Crippen LogP contribution is 2.25. The van der Waals surface area contributed by atoms with Gasteiger partial charge in [-0.15, -0.1) is 10.2 Å². The SMILES string of the molecule is CCSc1nnc(-c2cccc(S(=O)(=O)N(CC)CC)c2)n1C. The van der Waals surface area contributed by atoms with Crippen LogP contribution in [0.2, 0.25) is 0 Å². The molecule has 0 bridgehead atoms. The van der Waals surface area contributed by atoms with Crippen LogP contribution in [0.5, 0.6) is 0 Å². The molecule has 1 aromatic heterocycles. The van der Waals surface area contributed by atoms with E-state index in [1.807, 2.05) is 31.5 Å². The van der Waals surface area contributed by atoms with E-state index in [2.05, 4.69) is 17.1 Å². The van der Waals surface area contributed by atoms with Crippen molar-refractivity contribution >= 4 is 21.8 Å². The van der Waals surface area contributed by atoms with Crippen molar-refractivity contribution in [1.29, 1.82) is 0 Å². The Balaban J connectivity index is 2.45. The summed E-state index contributed by atoms with van der Waals surface area (Å²) in [6, 6.07) is 6.88. The van der Waals surface area contributed by atoms with Gasteiger partial charge in [0.25, 0.3) is 0 Å². The van der Waals surface area contributed by atoms with Gasteiger partial charge in [-0.25, -0.2) is 8.42 Å². The Bertz CT molecular complexity index is 768. The van der Waals surface area contributed by atoms with Crippen molar-refractivity contribution < 1.29 is 8.42 Å². The van der Waals surface area contributed by atoms with Crippen LogP contribution in [0.3, 0.4) is 0 Å². The summed E-state index contributed by atoms with van der Waals surface area (Å²) in [6.07, 6.45) is 0. The summed E-state index contributed by atoms with van der Waals surface area (Å²) in [4.78, 5) is 0.284. The Kier molecular flexibility index (Phi) is 5.83. The van der Waals surface area contributed by atoms with Gasteiger partial charge in [-0.3, -0.25) is 0 Å². The molecule has 2 rings (SSSR count). The predicted molar refractivity (Wildman–Crippen MR) is 92.9 cm³/mol. The van der Waals surface area contributed by atoms with Gasteiger partial charge in [0.2, 0.25) is 10.0 Å². The molecule has 2 aromatic rings. The molecule has 0 N–H and O–H groups in total. The summed E-state index contributed by atoms with van der Waals surface area (Å²) in [5.41, 5.74) is 0.746. The largest absolute Gasteiger partial charge is 0.305 e. The van der Waals surface area contributed by atoms with Crippen molar-refractivity contribution in [2.45, 2.75) is 30.8 Å². The molecule has 0 unspecified atom stereocenters. The van der Waals surface area contributed by atoms with Crippen LogP contribution in [0.15, 0.2) is 34.3 Å². The Morgan fingerprint density at radius 1 is 1.17 bits per heavy atom. The van der Waals surface area contributed by atoms with E-state index in [4.69, 9.17) is 0 Å². The average molecular weight is 355 g/mol. The molecule has 0 amide bonds. The van der Waals surface area contributed by atoms with Gasteiger partial charge in [0.15, 0.2) is 11.0 Å². The Labute approximate surface area is 142 Å². The molecule has 0 radical (unpaired) electrons. The summed E-state index contributed by atoms with van der Waals surface area (Å²) in [7, 11) is -1.59. The summed E-state index contributed by atoms with van der Waals surface area (Å²) < 4.78 is 28.6. The molecule has 0 saturated heterocycles. The van der Waals surface area contributed by atoms with Crippen LogP contribution in [-0.2, 0) is 17.1 Å². The van der Waals surface area contributed by atoms with Crippen molar-refractivity contribution in [2.24, 2.45) is 7.05 Å². The monoisotopic (exact) mass is 354 g/mol. The van der Waals surface area contributed by atoms with E-state index >= 15 is 0 Å². The smallest absolute Gasteiger partial charge is 0.243 e. The lowest BCUT2D eigenvalue weighted by Crippen LogP contribution is -2.30. The lowest BCUT2D eigenvalue weighted by molar-refractivity contribution is 0.445. The van der Waals surface area contributed by atoms with Crippen LogP contribution >= 0.6 is 11.8 Å². The first-order valence-corrected chi connectivity index (χ1v) is 10.0. The van der Waals surface area contributed by atoms with Gasteiger partial charge >= 0.3 is 0 Å². The highest BCUT2D eigenvalue weighted by molar-refractivity contribution is 7.99. The van der Waals surface area contributed by atoms with Crippen LogP contribution in [-0.4, -0.2) is 46.3 Å². The first kappa shape index (κ1) is 18.0. The van der Waals surface area contributed by atoms with Gasteiger partial charge < -0.3 is 4.57 Å². The second kappa shape index (κ2) is 7.46. The molecule has 0 aliphatic heterocycles. The zero-order valence-electron chi connectivity index (χ0n) is 13.9. The standard InChI is InChI=1S/C15H22N4O2S2/c1-5-19(6-2)23(20,21)13-10-8-9-12(11-13)14-16-17-15(18(14)4)22-7-3/h8-11H,5-7H2,1-4H3. The zero-order chi connectivity index (χ0) is 17.0. The second-order valence-corrected chi connectivity index (χ2v) is 8.08. The number of thioether (sulfide) groups is 1. The molecule has 23 heavy (non-hydrogen) atoms. The third-order valence-electron chi connectivity index (χ3n) is 3.54. The second-order valence-electron chi connectivity index (χ2n) is 4.92. The molecule has 6 nitrogen and oxygen atoms in total. The molecule has 0 saturated carbocycles. The van der Waals surface area contributed by atoms with E-state index in [0.29, 0.717) is 18.9 Å². The van der Waals surface area contributed by atoms with Crippen molar-refractivity contribution in [3.05, 3.63) is 24.3 Å². The highest BCUT2D eigenvalue weighted by Gasteiger charge is 2.22. The molecule has 0 fully saturated rings. The predicted octanol–water partition coefficient (Wildman–Crippen LogP) is 2.62. The van der Waals surface area contributed by atoms with Crippen LogP contribution in [0.25, 0.3) is 11.4 Å². The maximum absolute atomic E-state index is 12.6. The first-order chi connectivity index (χ1) is 11.0. The van der Waals surface area contributed by atoms with Gasteiger partial charge in [0.05, 0.1) is 4.90 Å². The molecular weight excluding hydrogens is 332 g/mol. The van der Waals surface area contributed by atoms with Crippen LogP contribution in [0, 0.1) is 0 Å². The molecule has 0 atom stereocenters. The number of sulfonamides is 1. The van der Waals surface area contributed by atoms with Crippen molar-refractivity contribution in [3.8, 4) is 11.4 Å². The summed E-state index contributed by atoms with van der Waals surface area (Å²) in [6.45, 7) is 6.62. The van der Waals surface area contributed by atoms with Gasteiger partial charge in [-0.2, -0.15) is 4.31 Å². The normalized spacial score (nSPS) is 12.0. The van der Waals surface area contributed by atoms with Crippen LogP contribution < -0.4 is 0 Å². The number of benzene rings is 1. The van der Waals surface area contributed by atoms with E-state index in [0.717, 1.165) is 16.5 Å².